The molecule has 0 bridgehead atoms. The smallest absolute Gasteiger partial charge is 0.329 e. The van der Waals surface area contributed by atoms with Crippen LogP contribution in [-0.2, 0) is 19.1 Å². The molecule has 1 atom stereocenters. The number of aromatic nitrogens is 2. The Kier molecular flexibility index (Phi) is 8.16. The molecule has 0 saturated heterocycles. The van der Waals surface area contributed by atoms with E-state index in [1.165, 1.54) is 6.33 Å². The minimum absolute atomic E-state index is 0.0367. The molecule has 0 aliphatic rings. The van der Waals surface area contributed by atoms with Crippen LogP contribution in [0, 0.1) is 0 Å². The van der Waals surface area contributed by atoms with Crippen molar-refractivity contribution >= 4 is 11.9 Å². The van der Waals surface area contributed by atoms with Crippen LogP contribution < -0.4 is 0 Å². The molecule has 0 amide bonds. The van der Waals surface area contributed by atoms with Gasteiger partial charge in [0.25, 0.3) is 0 Å². The van der Waals surface area contributed by atoms with Crippen LogP contribution in [0.15, 0.2) is 18.7 Å². The molecular weight excluding hydrogens is 272 g/mol. The lowest BCUT2D eigenvalue weighted by molar-refractivity contribution is -0.154. The number of carbonyl (C=O) groups excluding carboxylic acids is 2. The Balaban J connectivity index is 2.57. The summed E-state index contributed by atoms with van der Waals surface area (Å²) in [4.78, 5) is 27.8. The van der Waals surface area contributed by atoms with Gasteiger partial charge in [0.05, 0.1) is 26.0 Å². The van der Waals surface area contributed by atoms with Crippen LogP contribution >= 0.6 is 0 Å². The van der Waals surface area contributed by atoms with E-state index in [9.17, 15) is 9.59 Å². The number of hydrogen-bond donors (Lipinski definition) is 0. The third kappa shape index (κ3) is 6.42. The summed E-state index contributed by atoms with van der Waals surface area (Å²) in [6, 6.07) is -0.710. The number of ether oxygens (including phenoxy) is 2. The Bertz CT molecular complexity index is 417. The molecule has 0 N–H and O–H groups in total. The fourth-order valence-electron chi connectivity index (χ4n) is 1.72. The normalized spacial score (nSPS) is 11.9. The summed E-state index contributed by atoms with van der Waals surface area (Å²) in [6.07, 6.45) is 8.21. The molecule has 0 spiro atoms. The zero-order chi connectivity index (χ0) is 15.5. The molecule has 0 unspecified atom stereocenters. The highest BCUT2D eigenvalue weighted by molar-refractivity contribution is 5.81. The van der Waals surface area contributed by atoms with Crippen molar-refractivity contribution in [2.24, 2.45) is 0 Å². The zero-order valence-electron chi connectivity index (χ0n) is 12.8. The summed E-state index contributed by atoms with van der Waals surface area (Å²) in [5, 5.41) is 0. The summed E-state index contributed by atoms with van der Waals surface area (Å²) in [5.41, 5.74) is 0. The average Bonchev–Trinajstić information content (AvgIpc) is 2.99. The van der Waals surface area contributed by atoms with Crippen molar-refractivity contribution in [3.8, 4) is 0 Å². The van der Waals surface area contributed by atoms with E-state index < -0.39 is 18.0 Å². The Morgan fingerprint density at radius 3 is 2.38 bits per heavy atom. The van der Waals surface area contributed by atoms with Crippen LogP contribution in [-0.4, -0.2) is 34.7 Å². The number of hydrogen-bond acceptors (Lipinski definition) is 5. The van der Waals surface area contributed by atoms with Crippen molar-refractivity contribution in [3.05, 3.63) is 18.7 Å². The van der Waals surface area contributed by atoms with Gasteiger partial charge in [-0.1, -0.05) is 26.7 Å². The van der Waals surface area contributed by atoms with Gasteiger partial charge in [-0.05, 0) is 12.8 Å². The molecule has 6 nitrogen and oxygen atoms in total. The molecule has 1 aromatic heterocycles. The van der Waals surface area contributed by atoms with E-state index in [-0.39, 0.29) is 6.42 Å². The van der Waals surface area contributed by atoms with E-state index in [4.69, 9.17) is 9.47 Å². The molecule has 0 saturated carbocycles. The quantitative estimate of drug-likeness (QED) is 0.490. The summed E-state index contributed by atoms with van der Waals surface area (Å²) in [6.45, 7) is 4.79. The first kappa shape index (κ1) is 17.2. The fraction of sp³-hybridized carbons (Fsp3) is 0.667. The Morgan fingerprint density at radius 1 is 1.14 bits per heavy atom. The van der Waals surface area contributed by atoms with E-state index in [0.717, 1.165) is 25.7 Å². The first-order valence-electron chi connectivity index (χ1n) is 7.48. The summed E-state index contributed by atoms with van der Waals surface area (Å²) in [5.74, 6) is -0.816. The minimum atomic E-state index is -0.710. The number of esters is 2. The van der Waals surface area contributed by atoms with Gasteiger partial charge in [-0.25, -0.2) is 9.78 Å². The van der Waals surface area contributed by atoms with Crippen LogP contribution in [0.2, 0.25) is 0 Å². The molecule has 1 heterocycles. The van der Waals surface area contributed by atoms with Gasteiger partial charge in [-0.2, -0.15) is 0 Å². The number of carbonyl (C=O) groups is 2. The Morgan fingerprint density at radius 2 is 1.81 bits per heavy atom. The van der Waals surface area contributed by atoms with Crippen LogP contribution in [0.1, 0.15) is 52.0 Å². The van der Waals surface area contributed by atoms with Crippen LogP contribution in [0.25, 0.3) is 0 Å². The first-order chi connectivity index (χ1) is 10.2. The van der Waals surface area contributed by atoms with Crippen LogP contribution in [0.5, 0.6) is 0 Å². The highest BCUT2D eigenvalue weighted by atomic mass is 16.5. The lowest BCUT2D eigenvalue weighted by atomic mass is 10.2. The van der Waals surface area contributed by atoms with Crippen molar-refractivity contribution in [3.63, 3.8) is 0 Å². The molecule has 0 aliphatic carbocycles. The second kappa shape index (κ2) is 9.96. The second-order valence-corrected chi connectivity index (χ2v) is 4.82. The number of imidazole rings is 1. The van der Waals surface area contributed by atoms with E-state index in [1.807, 2.05) is 13.8 Å². The number of nitrogens with zero attached hydrogens (tertiary/aromatic N) is 2. The summed E-state index contributed by atoms with van der Waals surface area (Å²) < 4.78 is 11.9. The molecule has 0 aromatic carbocycles. The van der Waals surface area contributed by atoms with Crippen molar-refractivity contribution in [1.82, 2.24) is 9.55 Å². The fourth-order valence-corrected chi connectivity index (χ4v) is 1.72. The first-order valence-corrected chi connectivity index (χ1v) is 7.48. The monoisotopic (exact) mass is 296 g/mol. The van der Waals surface area contributed by atoms with Gasteiger partial charge in [-0.15, -0.1) is 0 Å². The van der Waals surface area contributed by atoms with Crippen molar-refractivity contribution in [2.75, 3.05) is 13.2 Å². The SMILES string of the molecule is CCCCOC(=O)C[C@H](C(=O)OCCCC)n1ccnc1. The van der Waals surface area contributed by atoms with Crippen molar-refractivity contribution < 1.29 is 19.1 Å². The maximum atomic E-state index is 12.1. The van der Waals surface area contributed by atoms with Gasteiger partial charge in [0, 0.05) is 12.4 Å². The molecule has 0 radical (unpaired) electrons. The Labute approximate surface area is 125 Å². The van der Waals surface area contributed by atoms with Crippen molar-refractivity contribution in [1.29, 1.82) is 0 Å². The molecule has 0 fully saturated rings. The maximum absolute atomic E-state index is 12.1. The van der Waals surface area contributed by atoms with E-state index >= 15 is 0 Å². The number of unbranched alkanes of at least 4 members (excludes halogenated alkanes) is 2. The summed E-state index contributed by atoms with van der Waals surface area (Å²) in [7, 11) is 0. The predicted octanol–water partition coefficient (Wildman–Crippen LogP) is 2.50. The largest absolute Gasteiger partial charge is 0.466 e. The molecule has 118 valence electrons. The minimum Gasteiger partial charge on any atom is -0.466 e. The van der Waals surface area contributed by atoms with Gasteiger partial charge in [0.15, 0.2) is 0 Å². The van der Waals surface area contributed by atoms with Gasteiger partial charge < -0.3 is 14.0 Å². The van der Waals surface area contributed by atoms with E-state index in [0.29, 0.717) is 13.2 Å². The van der Waals surface area contributed by atoms with Crippen LogP contribution in [0.4, 0.5) is 0 Å². The summed E-state index contributed by atoms with van der Waals surface area (Å²) >= 11 is 0. The standard InChI is InChI=1S/C15H24N2O4/c1-3-5-9-20-14(18)11-13(17-8-7-16-12-17)15(19)21-10-6-4-2/h7-8,12-13H,3-6,9-11H2,1-2H3/t13-/m1/s1. The third-order valence-corrected chi connectivity index (χ3v) is 3.02. The molecule has 21 heavy (non-hydrogen) atoms. The molecule has 1 aromatic rings. The zero-order valence-corrected chi connectivity index (χ0v) is 12.8. The molecule has 6 heteroatoms. The van der Waals surface area contributed by atoms with Crippen molar-refractivity contribution in [2.45, 2.75) is 52.0 Å². The maximum Gasteiger partial charge on any atom is 0.329 e. The predicted molar refractivity (Wildman–Crippen MR) is 77.6 cm³/mol. The van der Waals surface area contributed by atoms with Gasteiger partial charge in [0.1, 0.15) is 6.04 Å². The average molecular weight is 296 g/mol. The van der Waals surface area contributed by atoms with E-state index in [2.05, 4.69) is 4.98 Å². The van der Waals surface area contributed by atoms with Crippen LogP contribution in [0.3, 0.4) is 0 Å². The molecule has 1 rings (SSSR count). The van der Waals surface area contributed by atoms with Gasteiger partial charge in [-0.3, -0.25) is 4.79 Å². The van der Waals surface area contributed by atoms with Gasteiger partial charge in [0.2, 0.25) is 0 Å². The third-order valence-electron chi connectivity index (χ3n) is 3.02. The lowest BCUT2D eigenvalue weighted by Crippen LogP contribution is -2.25. The lowest BCUT2D eigenvalue weighted by Gasteiger charge is -2.16. The highest BCUT2D eigenvalue weighted by Crippen LogP contribution is 2.15. The highest BCUT2D eigenvalue weighted by Gasteiger charge is 2.25. The Hall–Kier alpha value is -1.85. The topological polar surface area (TPSA) is 70.4 Å². The van der Waals surface area contributed by atoms with Gasteiger partial charge >= 0.3 is 11.9 Å². The molecular formula is C15H24N2O4. The second-order valence-electron chi connectivity index (χ2n) is 4.82. The van der Waals surface area contributed by atoms with E-state index in [1.54, 1.807) is 17.0 Å². The number of rotatable bonds is 10. The molecule has 0 aliphatic heterocycles.